The third-order valence-corrected chi connectivity index (χ3v) is 12.0. The second kappa shape index (κ2) is 15.8. The quantitative estimate of drug-likeness (QED) is 0.155. The topological polar surface area (TPSA) is 159 Å². The normalized spacial score (nSPS) is 46.5. The molecule has 0 aliphatic carbocycles. The summed E-state index contributed by atoms with van der Waals surface area (Å²) in [7, 11) is 3.07. The van der Waals surface area contributed by atoms with Crippen LogP contribution in [0.4, 0.5) is 0 Å². The van der Waals surface area contributed by atoms with E-state index < -0.39 is 82.4 Å². The highest BCUT2D eigenvalue weighted by Gasteiger charge is 2.54. The summed E-state index contributed by atoms with van der Waals surface area (Å²) < 4.78 is 24.4. The number of aliphatic hydroxyl groups is 4. The lowest BCUT2D eigenvalue weighted by molar-refractivity contribution is -0.236. The standard InChI is InChI=1S/C34H59NO9S/c1-13-25-33(9,40)29(37)20(5)28(35)23(15-26(36)45-12)16-34(14-2,42-11)21(6)18(3)27(19(4)31(39)44-25)24-17-32(8,41-10)30(38)22(7)43-24/h2,18-27,29-30,35-38,40H,13,15-17H2,1,3-12H3/t18-,19-,20+,21-,22+,23-,24-,25-,26?,27?,29-,30+,32-,33-,34-/m1/s1. The maximum atomic E-state index is 14.0. The number of ether oxygens (including phenoxy) is 4. The van der Waals surface area contributed by atoms with Crippen molar-refractivity contribution >= 4 is 23.4 Å². The Bertz CT molecular complexity index is 1050. The Morgan fingerprint density at radius 1 is 1.09 bits per heavy atom. The number of esters is 1. The SMILES string of the molecule is C#C[C@@]1(OC)C[C@@H](CC(O)SC)C(=N)[C@H](C)[C@@H](O)[C@](C)(O)[C@@H](CC)OC(=O)[C@H](C)C([C@H]2C[C@@](C)(OC)[C@@H](O)[C@H](C)O2)[C@H](C)[C@H]1C. The Morgan fingerprint density at radius 2 is 1.69 bits per heavy atom. The first-order chi connectivity index (χ1) is 20.8. The smallest absolute Gasteiger partial charge is 0.309 e. The fourth-order valence-corrected chi connectivity index (χ4v) is 8.13. The summed E-state index contributed by atoms with van der Waals surface area (Å²) in [6.07, 6.45) is 4.35. The van der Waals surface area contributed by atoms with Crippen LogP contribution >= 0.6 is 11.8 Å². The lowest BCUT2D eigenvalue weighted by Crippen LogP contribution is -2.60. The zero-order valence-electron chi connectivity index (χ0n) is 29.1. The van der Waals surface area contributed by atoms with Gasteiger partial charge in [0.25, 0.3) is 0 Å². The highest BCUT2D eigenvalue weighted by atomic mass is 32.2. The monoisotopic (exact) mass is 657 g/mol. The van der Waals surface area contributed by atoms with E-state index in [0.29, 0.717) is 6.42 Å². The molecule has 2 aliphatic rings. The van der Waals surface area contributed by atoms with E-state index in [1.165, 1.54) is 25.8 Å². The van der Waals surface area contributed by atoms with Crippen molar-refractivity contribution < 1.29 is 44.2 Å². The molecule has 0 aromatic rings. The first-order valence-electron chi connectivity index (χ1n) is 16.1. The molecule has 45 heavy (non-hydrogen) atoms. The number of rotatable bonds is 7. The van der Waals surface area contributed by atoms with Crippen LogP contribution in [0.2, 0.25) is 0 Å². The molecule has 5 N–H and O–H groups in total. The summed E-state index contributed by atoms with van der Waals surface area (Å²) in [5, 5.41) is 54.1. The van der Waals surface area contributed by atoms with Crippen LogP contribution in [0.5, 0.6) is 0 Å². The first-order valence-corrected chi connectivity index (χ1v) is 17.4. The van der Waals surface area contributed by atoms with E-state index >= 15 is 0 Å². The summed E-state index contributed by atoms with van der Waals surface area (Å²) >= 11 is 1.25. The third kappa shape index (κ3) is 8.09. The van der Waals surface area contributed by atoms with Crippen molar-refractivity contribution in [3.8, 4) is 12.3 Å². The molecule has 0 bridgehead atoms. The summed E-state index contributed by atoms with van der Waals surface area (Å²) in [5.74, 6) is -1.09. The van der Waals surface area contributed by atoms with Crippen molar-refractivity contribution in [3.63, 3.8) is 0 Å². The average Bonchev–Trinajstić information content (AvgIpc) is 3.02. The van der Waals surface area contributed by atoms with Crippen LogP contribution in [0.3, 0.4) is 0 Å². The number of terminal acetylenes is 1. The van der Waals surface area contributed by atoms with Crippen LogP contribution in [0.15, 0.2) is 0 Å². The second-order valence-electron chi connectivity index (χ2n) is 13.9. The van der Waals surface area contributed by atoms with Gasteiger partial charge in [-0.25, -0.2) is 0 Å². The maximum Gasteiger partial charge on any atom is 0.309 e. The third-order valence-electron chi connectivity index (χ3n) is 11.2. The van der Waals surface area contributed by atoms with Gasteiger partial charge in [-0.3, -0.25) is 4.79 Å². The molecule has 11 heteroatoms. The van der Waals surface area contributed by atoms with Gasteiger partial charge in [0.1, 0.15) is 23.4 Å². The lowest BCUT2D eigenvalue weighted by atomic mass is 9.64. The van der Waals surface area contributed by atoms with E-state index in [-0.39, 0.29) is 36.8 Å². The van der Waals surface area contributed by atoms with Gasteiger partial charge in [0, 0.05) is 44.1 Å². The van der Waals surface area contributed by atoms with Crippen molar-refractivity contribution in [1.82, 2.24) is 0 Å². The molecule has 260 valence electrons. The van der Waals surface area contributed by atoms with E-state index in [1.54, 1.807) is 41.1 Å². The molecule has 0 aromatic carbocycles. The number of hydrogen-bond donors (Lipinski definition) is 5. The largest absolute Gasteiger partial charge is 0.459 e. The van der Waals surface area contributed by atoms with E-state index in [9.17, 15) is 30.6 Å². The molecule has 2 unspecified atom stereocenters. The Hall–Kier alpha value is -1.23. The van der Waals surface area contributed by atoms with Crippen LogP contribution in [0.25, 0.3) is 0 Å². The van der Waals surface area contributed by atoms with Gasteiger partial charge < -0.3 is 44.8 Å². The van der Waals surface area contributed by atoms with E-state index in [2.05, 4.69) is 5.92 Å². The zero-order valence-corrected chi connectivity index (χ0v) is 29.9. The van der Waals surface area contributed by atoms with Gasteiger partial charge in [0.15, 0.2) is 0 Å². The number of cyclic esters (lactones) is 1. The van der Waals surface area contributed by atoms with Crippen LogP contribution in [0, 0.1) is 53.3 Å². The minimum Gasteiger partial charge on any atom is -0.459 e. The van der Waals surface area contributed by atoms with Crippen molar-refractivity contribution in [1.29, 1.82) is 5.41 Å². The number of carbonyl (C=O) groups excluding carboxylic acids is 1. The number of thioether (sulfide) groups is 1. The predicted molar refractivity (Wildman–Crippen MR) is 176 cm³/mol. The Kier molecular flexibility index (Phi) is 14.0. The molecule has 15 atom stereocenters. The average molecular weight is 658 g/mol. The molecule has 0 radical (unpaired) electrons. The highest BCUT2D eigenvalue weighted by Crippen LogP contribution is 2.46. The Morgan fingerprint density at radius 3 is 2.18 bits per heavy atom. The minimum absolute atomic E-state index is 0.116. The fraction of sp³-hybridized carbons (Fsp3) is 0.882. The van der Waals surface area contributed by atoms with Gasteiger partial charge >= 0.3 is 5.97 Å². The molecule has 2 fully saturated rings. The summed E-state index contributed by atoms with van der Waals surface area (Å²) in [5.41, 5.74) is -4.75. The molecule has 2 aliphatic heterocycles. The van der Waals surface area contributed by atoms with Crippen LogP contribution < -0.4 is 0 Å². The molecule has 0 spiro atoms. The number of methoxy groups -OCH3 is 2. The second-order valence-corrected chi connectivity index (χ2v) is 14.9. The molecule has 0 saturated carbocycles. The Labute approximate surface area is 274 Å². The highest BCUT2D eigenvalue weighted by molar-refractivity contribution is 7.99. The molecular weight excluding hydrogens is 598 g/mol. The van der Waals surface area contributed by atoms with Gasteiger partial charge in [0.2, 0.25) is 0 Å². The van der Waals surface area contributed by atoms with Gasteiger partial charge in [0.05, 0.1) is 35.3 Å². The molecule has 2 rings (SSSR count). The number of aliphatic hydroxyl groups excluding tert-OH is 3. The van der Waals surface area contributed by atoms with Crippen LogP contribution in [-0.2, 0) is 23.7 Å². The van der Waals surface area contributed by atoms with Crippen molar-refractivity contribution in [2.45, 2.75) is 134 Å². The summed E-state index contributed by atoms with van der Waals surface area (Å²) in [6.45, 7) is 14.2. The van der Waals surface area contributed by atoms with E-state index in [4.69, 9.17) is 25.4 Å². The maximum absolute atomic E-state index is 14.0. The fourth-order valence-electron chi connectivity index (χ4n) is 7.71. The molecule has 0 amide bonds. The van der Waals surface area contributed by atoms with Crippen molar-refractivity contribution in [2.24, 2.45) is 35.5 Å². The summed E-state index contributed by atoms with van der Waals surface area (Å²) in [6, 6.07) is 0. The summed E-state index contributed by atoms with van der Waals surface area (Å²) in [4.78, 5) is 14.0. The van der Waals surface area contributed by atoms with Crippen molar-refractivity contribution in [2.75, 3.05) is 20.5 Å². The molecule has 2 saturated heterocycles. The Balaban J connectivity index is 2.82. The molecular formula is C34H59NO9S. The molecule has 0 aromatic heterocycles. The molecule has 10 nitrogen and oxygen atoms in total. The van der Waals surface area contributed by atoms with E-state index in [1.807, 2.05) is 20.8 Å². The van der Waals surface area contributed by atoms with Crippen molar-refractivity contribution in [3.05, 3.63) is 0 Å². The number of carbonyl (C=O) groups is 1. The van der Waals surface area contributed by atoms with Gasteiger partial charge in [-0.05, 0) is 58.1 Å². The zero-order chi connectivity index (χ0) is 34.7. The van der Waals surface area contributed by atoms with E-state index in [0.717, 1.165) is 0 Å². The van der Waals surface area contributed by atoms with Gasteiger partial charge in [-0.15, -0.1) is 18.2 Å². The van der Waals surface area contributed by atoms with Gasteiger partial charge in [-0.1, -0.05) is 40.5 Å². The molecule has 2 heterocycles. The minimum atomic E-state index is -1.89. The number of nitrogens with one attached hydrogen (secondary N) is 1. The predicted octanol–water partition coefficient (Wildman–Crippen LogP) is 3.65. The lowest BCUT2D eigenvalue weighted by Gasteiger charge is -2.51. The van der Waals surface area contributed by atoms with Crippen LogP contribution in [0.1, 0.15) is 81.1 Å². The van der Waals surface area contributed by atoms with Crippen LogP contribution in [-0.4, -0.2) is 105 Å². The van der Waals surface area contributed by atoms with Gasteiger partial charge in [-0.2, -0.15) is 0 Å². The number of hydrogen-bond acceptors (Lipinski definition) is 11. The first kappa shape index (κ1) is 39.9.